The van der Waals surface area contributed by atoms with Crippen LogP contribution in [-0.2, 0) is 0 Å². The number of hydrogen-bond acceptors (Lipinski definition) is 4. The third-order valence-electron chi connectivity index (χ3n) is 3.44. The van der Waals surface area contributed by atoms with Gasteiger partial charge < -0.3 is 15.3 Å². The van der Waals surface area contributed by atoms with Crippen molar-refractivity contribution >= 4 is 17.2 Å². The SMILES string of the molecule is O=C(NCCN1CCCCC1)c1ccc(C#CCCO)s1. The molecule has 1 fully saturated rings. The van der Waals surface area contributed by atoms with Gasteiger partial charge in [-0.15, -0.1) is 11.3 Å². The Balaban J connectivity index is 1.74. The van der Waals surface area contributed by atoms with E-state index in [1.54, 1.807) is 0 Å². The predicted octanol–water partition coefficient (Wildman–Crippen LogP) is 1.70. The zero-order valence-electron chi connectivity index (χ0n) is 12.2. The summed E-state index contributed by atoms with van der Waals surface area (Å²) in [7, 11) is 0. The molecule has 1 aliphatic rings. The van der Waals surface area contributed by atoms with Crippen molar-refractivity contribution in [3.05, 3.63) is 21.9 Å². The predicted molar refractivity (Wildman–Crippen MR) is 85.5 cm³/mol. The number of likely N-dealkylation sites (tertiary alicyclic amines) is 1. The van der Waals surface area contributed by atoms with Crippen LogP contribution in [0.1, 0.15) is 40.2 Å². The molecule has 0 unspecified atom stereocenters. The lowest BCUT2D eigenvalue weighted by Crippen LogP contribution is -2.37. The van der Waals surface area contributed by atoms with Crippen LogP contribution in [0.25, 0.3) is 0 Å². The van der Waals surface area contributed by atoms with E-state index in [1.807, 2.05) is 12.1 Å². The Morgan fingerprint density at radius 2 is 2.14 bits per heavy atom. The number of aliphatic hydroxyl groups is 1. The molecule has 5 heteroatoms. The number of aliphatic hydroxyl groups excluding tert-OH is 1. The molecule has 114 valence electrons. The van der Waals surface area contributed by atoms with Gasteiger partial charge in [0.05, 0.1) is 16.4 Å². The molecule has 2 heterocycles. The number of carbonyl (C=O) groups is 1. The number of rotatable bonds is 5. The number of thiophene rings is 1. The van der Waals surface area contributed by atoms with E-state index < -0.39 is 0 Å². The van der Waals surface area contributed by atoms with Gasteiger partial charge in [-0.3, -0.25) is 4.79 Å². The minimum Gasteiger partial charge on any atom is -0.395 e. The first-order valence-corrected chi connectivity index (χ1v) is 8.31. The maximum atomic E-state index is 12.0. The Hall–Kier alpha value is -1.35. The van der Waals surface area contributed by atoms with Gasteiger partial charge in [-0.1, -0.05) is 18.3 Å². The highest BCUT2D eigenvalue weighted by molar-refractivity contribution is 7.14. The fourth-order valence-corrected chi connectivity index (χ4v) is 3.13. The third kappa shape index (κ3) is 5.50. The minimum absolute atomic E-state index is 0.0211. The van der Waals surface area contributed by atoms with Crippen molar-refractivity contribution in [1.29, 1.82) is 0 Å². The van der Waals surface area contributed by atoms with E-state index in [1.165, 1.54) is 30.6 Å². The zero-order valence-corrected chi connectivity index (χ0v) is 13.0. The molecule has 0 aromatic carbocycles. The van der Waals surface area contributed by atoms with Crippen LogP contribution in [0.15, 0.2) is 12.1 Å². The molecule has 1 amide bonds. The van der Waals surface area contributed by atoms with Gasteiger partial charge in [0.2, 0.25) is 0 Å². The summed E-state index contributed by atoms with van der Waals surface area (Å²) in [5, 5.41) is 11.6. The summed E-state index contributed by atoms with van der Waals surface area (Å²) in [4.78, 5) is 16.0. The monoisotopic (exact) mass is 306 g/mol. The van der Waals surface area contributed by atoms with E-state index >= 15 is 0 Å². The van der Waals surface area contributed by atoms with Gasteiger partial charge in [0.1, 0.15) is 0 Å². The molecule has 0 spiro atoms. The molecular formula is C16H22N2O2S. The summed E-state index contributed by atoms with van der Waals surface area (Å²) in [6.45, 7) is 4.00. The van der Waals surface area contributed by atoms with Gasteiger partial charge >= 0.3 is 0 Å². The van der Waals surface area contributed by atoms with Crippen molar-refractivity contribution in [2.75, 3.05) is 32.8 Å². The molecule has 0 radical (unpaired) electrons. The quantitative estimate of drug-likeness (QED) is 0.814. The number of nitrogens with zero attached hydrogens (tertiary/aromatic N) is 1. The molecule has 1 aliphatic heterocycles. The number of piperidine rings is 1. The van der Waals surface area contributed by atoms with Gasteiger partial charge in [0, 0.05) is 19.5 Å². The standard InChI is InChI=1S/C16H22N2O2S/c19-13-5-2-6-14-7-8-15(21-14)16(20)17-9-12-18-10-3-1-4-11-18/h7-8,19H,1,3-5,9-13H2,(H,17,20). The first-order valence-electron chi connectivity index (χ1n) is 7.50. The number of amides is 1. The van der Waals surface area contributed by atoms with Crippen LogP contribution in [-0.4, -0.2) is 48.7 Å². The Labute approximate surface area is 130 Å². The van der Waals surface area contributed by atoms with E-state index in [0.717, 1.165) is 24.5 Å². The zero-order chi connectivity index (χ0) is 14.9. The first kappa shape index (κ1) is 16.0. The summed E-state index contributed by atoms with van der Waals surface area (Å²) in [5.41, 5.74) is 0. The van der Waals surface area contributed by atoms with Gasteiger partial charge in [0.15, 0.2) is 0 Å². The fraction of sp³-hybridized carbons (Fsp3) is 0.562. The summed E-state index contributed by atoms with van der Waals surface area (Å²) in [6.07, 6.45) is 4.34. The molecule has 1 aromatic rings. The molecule has 4 nitrogen and oxygen atoms in total. The van der Waals surface area contributed by atoms with Crippen LogP contribution < -0.4 is 5.32 Å². The Morgan fingerprint density at radius 1 is 1.33 bits per heavy atom. The van der Waals surface area contributed by atoms with E-state index in [0.29, 0.717) is 17.8 Å². The number of carbonyl (C=O) groups excluding carboxylic acids is 1. The highest BCUT2D eigenvalue weighted by Crippen LogP contribution is 2.15. The molecular weight excluding hydrogens is 284 g/mol. The first-order chi connectivity index (χ1) is 10.3. The third-order valence-corrected chi connectivity index (χ3v) is 4.44. The average molecular weight is 306 g/mol. The van der Waals surface area contributed by atoms with Gasteiger partial charge in [-0.25, -0.2) is 0 Å². The Bertz CT molecular complexity index is 510. The highest BCUT2D eigenvalue weighted by Gasteiger charge is 2.11. The summed E-state index contributed by atoms with van der Waals surface area (Å²) in [6, 6.07) is 3.67. The number of nitrogens with one attached hydrogen (secondary N) is 1. The minimum atomic E-state index is -0.0211. The van der Waals surface area contributed by atoms with Gasteiger partial charge in [-0.2, -0.15) is 0 Å². The van der Waals surface area contributed by atoms with Crippen molar-refractivity contribution < 1.29 is 9.90 Å². The fourth-order valence-electron chi connectivity index (χ4n) is 2.33. The van der Waals surface area contributed by atoms with Crippen LogP contribution in [0.3, 0.4) is 0 Å². The van der Waals surface area contributed by atoms with E-state index in [2.05, 4.69) is 22.1 Å². The van der Waals surface area contributed by atoms with Gasteiger partial charge in [-0.05, 0) is 38.1 Å². The van der Waals surface area contributed by atoms with Crippen LogP contribution in [0.4, 0.5) is 0 Å². The summed E-state index contributed by atoms with van der Waals surface area (Å²) < 4.78 is 0. The molecule has 2 N–H and O–H groups in total. The molecule has 0 saturated carbocycles. The van der Waals surface area contributed by atoms with Crippen LogP contribution in [0, 0.1) is 11.8 Å². The topological polar surface area (TPSA) is 52.6 Å². The second-order valence-electron chi connectivity index (χ2n) is 5.10. The van der Waals surface area contributed by atoms with Crippen molar-refractivity contribution in [2.24, 2.45) is 0 Å². The molecule has 1 aromatic heterocycles. The molecule has 0 atom stereocenters. The summed E-state index contributed by atoms with van der Waals surface area (Å²) >= 11 is 1.40. The highest BCUT2D eigenvalue weighted by atomic mass is 32.1. The molecule has 1 saturated heterocycles. The molecule has 21 heavy (non-hydrogen) atoms. The van der Waals surface area contributed by atoms with Crippen molar-refractivity contribution in [2.45, 2.75) is 25.7 Å². The molecule has 0 bridgehead atoms. The molecule has 0 aliphatic carbocycles. The second-order valence-corrected chi connectivity index (χ2v) is 6.18. The maximum absolute atomic E-state index is 12.0. The summed E-state index contributed by atoms with van der Waals surface area (Å²) in [5.74, 6) is 5.79. The normalized spacial score (nSPS) is 15.3. The van der Waals surface area contributed by atoms with E-state index in [9.17, 15) is 4.79 Å². The number of hydrogen-bond donors (Lipinski definition) is 2. The molecule has 2 rings (SSSR count). The second kappa shape index (κ2) is 8.83. The van der Waals surface area contributed by atoms with Crippen LogP contribution in [0.2, 0.25) is 0 Å². The van der Waals surface area contributed by atoms with Crippen molar-refractivity contribution in [3.63, 3.8) is 0 Å². The largest absolute Gasteiger partial charge is 0.395 e. The smallest absolute Gasteiger partial charge is 0.261 e. The lowest BCUT2D eigenvalue weighted by atomic mass is 10.1. The van der Waals surface area contributed by atoms with Crippen molar-refractivity contribution in [3.8, 4) is 11.8 Å². The van der Waals surface area contributed by atoms with Crippen LogP contribution in [0.5, 0.6) is 0 Å². The lowest BCUT2D eigenvalue weighted by molar-refractivity contribution is 0.0950. The van der Waals surface area contributed by atoms with Crippen LogP contribution >= 0.6 is 11.3 Å². The van der Waals surface area contributed by atoms with E-state index in [-0.39, 0.29) is 12.5 Å². The van der Waals surface area contributed by atoms with Gasteiger partial charge in [0.25, 0.3) is 5.91 Å². The van der Waals surface area contributed by atoms with Crippen molar-refractivity contribution in [1.82, 2.24) is 10.2 Å². The maximum Gasteiger partial charge on any atom is 0.261 e. The average Bonchev–Trinajstić information content (AvgIpc) is 2.97. The Morgan fingerprint density at radius 3 is 2.90 bits per heavy atom. The Kier molecular flexibility index (Phi) is 6.74. The lowest BCUT2D eigenvalue weighted by Gasteiger charge is -2.26. The van der Waals surface area contributed by atoms with E-state index in [4.69, 9.17) is 5.11 Å².